The molecule has 4 aromatic rings. The third-order valence-corrected chi connectivity index (χ3v) is 5.12. The summed E-state index contributed by atoms with van der Waals surface area (Å²) in [7, 11) is 0. The number of thiazole rings is 1. The van der Waals surface area contributed by atoms with Crippen molar-refractivity contribution in [3.63, 3.8) is 0 Å². The molecule has 0 atom stereocenters. The molecule has 27 heavy (non-hydrogen) atoms. The van der Waals surface area contributed by atoms with Crippen molar-refractivity contribution < 1.29 is 9.53 Å². The van der Waals surface area contributed by atoms with Crippen LogP contribution in [0.5, 0.6) is 11.6 Å². The number of benzene rings is 1. The highest BCUT2D eigenvalue weighted by Gasteiger charge is 2.30. The van der Waals surface area contributed by atoms with E-state index in [1.54, 1.807) is 28.1 Å². The summed E-state index contributed by atoms with van der Waals surface area (Å²) in [5.74, 6) is 1.83. The van der Waals surface area contributed by atoms with E-state index in [0.717, 1.165) is 28.1 Å². The minimum Gasteiger partial charge on any atom is -0.438 e. The molecule has 0 saturated heterocycles. The molecule has 5 rings (SSSR count). The van der Waals surface area contributed by atoms with Crippen molar-refractivity contribution in [1.82, 2.24) is 19.6 Å². The fraction of sp³-hybridized carbons (Fsp3) is 0.263. The maximum Gasteiger partial charge on any atom is 0.237 e. The highest BCUT2D eigenvalue weighted by molar-refractivity contribution is 7.18. The lowest BCUT2D eigenvalue weighted by atomic mass is 10.3. The Morgan fingerprint density at radius 1 is 1.26 bits per heavy atom. The molecule has 1 fully saturated rings. The van der Waals surface area contributed by atoms with Gasteiger partial charge in [0.05, 0.1) is 21.4 Å². The molecule has 1 aliphatic rings. The third kappa shape index (κ3) is 3.48. The van der Waals surface area contributed by atoms with Crippen molar-refractivity contribution in [2.75, 3.05) is 5.32 Å². The summed E-state index contributed by atoms with van der Waals surface area (Å²) >= 11 is 1.63. The number of amides is 1. The Bertz CT molecular complexity index is 1150. The maximum atomic E-state index is 11.9. The lowest BCUT2D eigenvalue weighted by Gasteiger charge is -2.04. The smallest absolute Gasteiger partial charge is 0.237 e. The summed E-state index contributed by atoms with van der Waals surface area (Å²) in [5.41, 5.74) is 1.62. The molecule has 1 N–H and O–H groups in total. The topological polar surface area (TPSA) is 81.4 Å². The molecule has 0 aliphatic heterocycles. The molecule has 7 nitrogen and oxygen atoms in total. The lowest BCUT2D eigenvalue weighted by Crippen LogP contribution is -2.13. The summed E-state index contributed by atoms with van der Waals surface area (Å²) < 4.78 is 8.56. The third-order valence-electron chi connectivity index (χ3n) is 4.18. The molecule has 138 valence electrons. The first kappa shape index (κ1) is 17.4. The van der Waals surface area contributed by atoms with Crippen molar-refractivity contribution in [3.8, 4) is 11.6 Å². The van der Waals surface area contributed by atoms with Crippen molar-refractivity contribution in [3.05, 3.63) is 41.5 Å². The number of aryl methyl sites for hydroxylation is 1. The van der Waals surface area contributed by atoms with Crippen LogP contribution in [0.25, 0.3) is 15.9 Å². The second-order valence-corrected chi connectivity index (χ2v) is 7.56. The number of anilines is 1. The second-order valence-electron chi connectivity index (χ2n) is 6.33. The first-order chi connectivity index (χ1) is 12.6. The Labute approximate surface area is 160 Å². The molecular formula is C19H19N5O2S. The van der Waals surface area contributed by atoms with Gasteiger partial charge in [0, 0.05) is 18.1 Å². The predicted octanol–water partition coefficient (Wildman–Crippen LogP) is 4.42. The quantitative estimate of drug-likeness (QED) is 0.566. The zero-order valence-corrected chi connectivity index (χ0v) is 14.8. The number of hydrogen-bond acceptors (Lipinski definition) is 6. The first-order valence-electron chi connectivity index (χ1n) is 8.36. The SMILES string of the molecule is C.Cc1nc2ccc(Oc3ccc4nc(NC(=O)C5CC5)cn4n3)cc2s1. The van der Waals surface area contributed by atoms with E-state index in [9.17, 15) is 4.79 Å². The van der Waals surface area contributed by atoms with E-state index in [1.807, 2.05) is 31.2 Å². The van der Waals surface area contributed by atoms with Gasteiger partial charge in [0.2, 0.25) is 11.8 Å². The molecule has 8 heteroatoms. The van der Waals surface area contributed by atoms with Gasteiger partial charge < -0.3 is 10.1 Å². The fourth-order valence-corrected chi connectivity index (χ4v) is 3.61. The standard InChI is InChI=1S/C18H15N5O2S.CH4/c1-10-19-13-5-4-12(8-14(13)26-10)25-17-7-6-16-20-15(9-23(16)22-17)21-18(24)11-2-3-11;/h4-9,11H,2-3H2,1H3,(H,21,24);1H4. The van der Waals surface area contributed by atoms with Gasteiger partial charge >= 0.3 is 0 Å². The summed E-state index contributed by atoms with van der Waals surface area (Å²) in [5, 5.41) is 8.26. The Hall–Kier alpha value is -3.00. The van der Waals surface area contributed by atoms with E-state index in [2.05, 4.69) is 20.4 Å². The van der Waals surface area contributed by atoms with Gasteiger partial charge in [0.15, 0.2) is 11.5 Å². The van der Waals surface area contributed by atoms with Gasteiger partial charge in [-0.15, -0.1) is 16.4 Å². The second kappa shape index (κ2) is 6.62. The zero-order valence-electron chi connectivity index (χ0n) is 14.0. The van der Waals surface area contributed by atoms with Crippen LogP contribution in [-0.2, 0) is 4.79 Å². The van der Waals surface area contributed by atoms with Gasteiger partial charge in [-0.05, 0) is 38.0 Å². The van der Waals surface area contributed by atoms with E-state index >= 15 is 0 Å². The van der Waals surface area contributed by atoms with Gasteiger partial charge in [0.25, 0.3) is 0 Å². The molecule has 3 aromatic heterocycles. The summed E-state index contributed by atoms with van der Waals surface area (Å²) in [4.78, 5) is 20.7. The van der Waals surface area contributed by atoms with Crippen molar-refractivity contribution in [2.45, 2.75) is 27.2 Å². The molecule has 0 bridgehead atoms. The number of rotatable bonds is 4. The molecule has 1 amide bonds. The van der Waals surface area contributed by atoms with Crippen LogP contribution in [-0.4, -0.2) is 25.5 Å². The van der Waals surface area contributed by atoms with Gasteiger partial charge in [-0.25, -0.2) is 14.5 Å². The molecule has 1 aliphatic carbocycles. The van der Waals surface area contributed by atoms with Crippen LogP contribution >= 0.6 is 11.3 Å². The summed E-state index contributed by atoms with van der Waals surface area (Å²) in [6.45, 7) is 1.99. The van der Waals surface area contributed by atoms with E-state index in [4.69, 9.17) is 4.74 Å². The van der Waals surface area contributed by atoms with Crippen LogP contribution in [0.15, 0.2) is 36.5 Å². The minimum atomic E-state index is 0. The Kier molecular flexibility index (Phi) is 4.27. The molecule has 3 heterocycles. The van der Waals surface area contributed by atoms with Crippen LogP contribution < -0.4 is 10.1 Å². The highest BCUT2D eigenvalue weighted by Crippen LogP contribution is 2.30. The van der Waals surface area contributed by atoms with Gasteiger partial charge in [0.1, 0.15) is 5.75 Å². The predicted molar refractivity (Wildman–Crippen MR) is 106 cm³/mol. The normalized spacial score (nSPS) is 13.5. The maximum absolute atomic E-state index is 11.9. The first-order valence-corrected chi connectivity index (χ1v) is 9.18. The number of hydrogen-bond donors (Lipinski definition) is 1. The molecular weight excluding hydrogens is 362 g/mol. The fourth-order valence-electron chi connectivity index (χ4n) is 2.76. The number of aromatic nitrogens is 4. The number of ether oxygens (including phenoxy) is 1. The van der Waals surface area contributed by atoms with Crippen LogP contribution in [0.1, 0.15) is 25.3 Å². The number of fused-ring (bicyclic) bond motifs is 2. The van der Waals surface area contributed by atoms with Crippen LogP contribution in [0.2, 0.25) is 0 Å². The number of nitrogens with zero attached hydrogens (tertiary/aromatic N) is 4. The lowest BCUT2D eigenvalue weighted by molar-refractivity contribution is -0.117. The number of carbonyl (C=O) groups is 1. The van der Waals surface area contributed by atoms with E-state index in [0.29, 0.717) is 23.1 Å². The number of nitrogens with one attached hydrogen (secondary N) is 1. The molecule has 0 unspecified atom stereocenters. The Morgan fingerprint density at radius 3 is 2.93 bits per heavy atom. The summed E-state index contributed by atoms with van der Waals surface area (Å²) in [6, 6.07) is 9.35. The highest BCUT2D eigenvalue weighted by atomic mass is 32.1. The molecule has 0 spiro atoms. The van der Waals surface area contributed by atoms with Crippen molar-refractivity contribution in [1.29, 1.82) is 0 Å². The largest absolute Gasteiger partial charge is 0.438 e. The van der Waals surface area contributed by atoms with Crippen molar-refractivity contribution in [2.24, 2.45) is 5.92 Å². The van der Waals surface area contributed by atoms with Crippen LogP contribution in [0.3, 0.4) is 0 Å². The van der Waals surface area contributed by atoms with E-state index < -0.39 is 0 Å². The van der Waals surface area contributed by atoms with E-state index in [-0.39, 0.29) is 19.3 Å². The summed E-state index contributed by atoms with van der Waals surface area (Å²) in [6.07, 6.45) is 3.61. The Balaban J connectivity index is 0.00000180. The van der Waals surface area contributed by atoms with Crippen LogP contribution in [0.4, 0.5) is 5.82 Å². The average molecular weight is 381 g/mol. The Morgan fingerprint density at radius 2 is 2.11 bits per heavy atom. The number of carbonyl (C=O) groups excluding carboxylic acids is 1. The zero-order chi connectivity index (χ0) is 17.7. The molecule has 1 aromatic carbocycles. The molecule has 1 saturated carbocycles. The van der Waals surface area contributed by atoms with Crippen molar-refractivity contribution >= 4 is 38.9 Å². The van der Waals surface area contributed by atoms with Crippen LogP contribution in [0, 0.1) is 12.8 Å². The average Bonchev–Trinajstić information content (AvgIpc) is 3.29. The monoisotopic (exact) mass is 381 g/mol. The van der Waals surface area contributed by atoms with Gasteiger partial charge in [-0.1, -0.05) is 7.43 Å². The number of imidazole rings is 1. The van der Waals surface area contributed by atoms with Gasteiger partial charge in [-0.2, -0.15) is 0 Å². The minimum absolute atomic E-state index is 0. The van der Waals surface area contributed by atoms with E-state index in [1.165, 1.54) is 0 Å². The molecule has 0 radical (unpaired) electrons. The van der Waals surface area contributed by atoms with Gasteiger partial charge in [-0.3, -0.25) is 4.79 Å².